The van der Waals surface area contributed by atoms with E-state index in [-0.39, 0.29) is 18.0 Å². The van der Waals surface area contributed by atoms with Crippen LogP contribution in [0.1, 0.15) is 30.1 Å². The minimum atomic E-state index is -0.0938. The maximum absolute atomic E-state index is 12.4. The Hall–Kier alpha value is -1.36. The van der Waals surface area contributed by atoms with Crippen LogP contribution in [0.15, 0.2) is 22.7 Å². The molecule has 0 N–H and O–H groups in total. The van der Waals surface area contributed by atoms with Crippen molar-refractivity contribution in [3.05, 3.63) is 28.2 Å². The maximum Gasteiger partial charge on any atom is 0.257 e. The Labute approximate surface area is 114 Å². The molecule has 2 heterocycles. The van der Waals surface area contributed by atoms with E-state index < -0.39 is 0 Å². The number of anilines is 1. The predicted molar refractivity (Wildman–Crippen MR) is 71.4 cm³/mol. The third-order valence-corrected chi connectivity index (χ3v) is 4.06. The number of amides is 2. The summed E-state index contributed by atoms with van der Waals surface area (Å²) in [6.07, 6.45) is 1.72. The number of hydrogen-bond donors (Lipinski definition) is 0. The molecule has 0 bridgehead atoms. The summed E-state index contributed by atoms with van der Waals surface area (Å²) in [6, 6.07) is 5.50. The van der Waals surface area contributed by atoms with Crippen molar-refractivity contribution >= 4 is 33.4 Å². The summed E-state index contributed by atoms with van der Waals surface area (Å²) < 4.78 is 0.857. The number of nitrogens with zero attached hydrogens (tertiary/aromatic N) is 2. The van der Waals surface area contributed by atoms with E-state index in [4.69, 9.17) is 0 Å². The molecule has 2 aliphatic rings. The van der Waals surface area contributed by atoms with Gasteiger partial charge in [-0.15, -0.1) is 0 Å². The number of fused-ring (bicyclic) bond motifs is 2. The second-order valence-electron chi connectivity index (χ2n) is 4.67. The molecule has 2 amide bonds. The van der Waals surface area contributed by atoms with Crippen molar-refractivity contribution in [2.45, 2.75) is 25.9 Å². The topological polar surface area (TPSA) is 40.6 Å². The fraction of sp³-hybridized carbons (Fsp3) is 0.385. The van der Waals surface area contributed by atoms with Gasteiger partial charge >= 0.3 is 0 Å². The highest BCUT2D eigenvalue weighted by atomic mass is 79.9. The minimum absolute atomic E-state index is 0.0111. The van der Waals surface area contributed by atoms with Crippen molar-refractivity contribution in [1.82, 2.24) is 4.90 Å². The molecule has 1 aromatic rings. The highest BCUT2D eigenvalue weighted by Gasteiger charge is 2.41. The summed E-state index contributed by atoms with van der Waals surface area (Å²) in [5.74, 6) is 0.0225. The van der Waals surface area contributed by atoms with E-state index in [2.05, 4.69) is 15.9 Å². The summed E-state index contributed by atoms with van der Waals surface area (Å²) in [5.41, 5.74) is 1.34. The first-order valence-electron chi connectivity index (χ1n) is 6.00. The van der Waals surface area contributed by atoms with Crippen LogP contribution >= 0.6 is 15.9 Å². The van der Waals surface area contributed by atoms with Crippen molar-refractivity contribution in [1.29, 1.82) is 0 Å². The minimum Gasteiger partial charge on any atom is -0.318 e. The lowest BCUT2D eigenvalue weighted by Crippen LogP contribution is -2.53. The van der Waals surface area contributed by atoms with E-state index >= 15 is 0 Å². The summed E-state index contributed by atoms with van der Waals surface area (Å²) in [5, 5.41) is 0. The molecular formula is C13H13BrN2O2. The van der Waals surface area contributed by atoms with Crippen LogP contribution in [0.3, 0.4) is 0 Å². The number of halogens is 1. The second-order valence-corrected chi connectivity index (χ2v) is 5.59. The molecule has 5 heteroatoms. The van der Waals surface area contributed by atoms with Crippen LogP contribution in [0, 0.1) is 0 Å². The summed E-state index contributed by atoms with van der Waals surface area (Å²) in [4.78, 5) is 27.8. The van der Waals surface area contributed by atoms with Gasteiger partial charge in [-0.3, -0.25) is 14.5 Å². The Morgan fingerprint density at radius 1 is 1.44 bits per heavy atom. The van der Waals surface area contributed by atoms with Gasteiger partial charge in [0.2, 0.25) is 5.91 Å². The van der Waals surface area contributed by atoms with Gasteiger partial charge in [-0.2, -0.15) is 0 Å². The van der Waals surface area contributed by atoms with E-state index in [1.807, 2.05) is 12.1 Å². The highest BCUT2D eigenvalue weighted by molar-refractivity contribution is 9.10. The molecule has 0 saturated carbocycles. The standard InChI is InChI=1S/C13H13BrN2O2/c1-8(17)16-11-5-4-9(14)7-10(11)13(18)15-6-2-3-12(15)16/h4-5,7,12H,2-3,6H2,1H3. The first-order chi connectivity index (χ1) is 8.59. The molecule has 0 aliphatic carbocycles. The van der Waals surface area contributed by atoms with Gasteiger partial charge in [0.25, 0.3) is 5.91 Å². The van der Waals surface area contributed by atoms with E-state index in [1.54, 1.807) is 22.8 Å². The third-order valence-electron chi connectivity index (χ3n) is 3.57. The smallest absolute Gasteiger partial charge is 0.257 e. The second kappa shape index (κ2) is 4.09. The van der Waals surface area contributed by atoms with Crippen LogP contribution in [-0.2, 0) is 4.79 Å². The van der Waals surface area contributed by atoms with E-state index in [0.717, 1.165) is 29.5 Å². The number of hydrogen-bond acceptors (Lipinski definition) is 2. The largest absolute Gasteiger partial charge is 0.318 e. The van der Waals surface area contributed by atoms with Crippen LogP contribution in [-0.4, -0.2) is 29.4 Å². The van der Waals surface area contributed by atoms with Gasteiger partial charge in [-0.05, 0) is 31.0 Å². The van der Waals surface area contributed by atoms with Crippen molar-refractivity contribution in [2.75, 3.05) is 11.4 Å². The van der Waals surface area contributed by atoms with Crippen molar-refractivity contribution in [3.8, 4) is 0 Å². The number of carbonyl (C=O) groups excluding carboxylic acids is 2. The number of carbonyl (C=O) groups is 2. The lowest BCUT2D eigenvalue weighted by molar-refractivity contribution is -0.117. The molecule has 1 aromatic carbocycles. The molecule has 18 heavy (non-hydrogen) atoms. The van der Waals surface area contributed by atoms with E-state index in [9.17, 15) is 9.59 Å². The molecule has 1 atom stereocenters. The average molecular weight is 309 g/mol. The molecule has 0 aromatic heterocycles. The van der Waals surface area contributed by atoms with Gasteiger partial charge < -0.3 is 4.90 Å². The number of rotatable bonds is 0. The molecule has 1 saturated heterocycles. The van der Waals surface area contributed by atoms with Crippen LogP contribution in [0.2, 0.25) is 0 Å². The Bertz CT molecular complexity index is 544. The van der Waals surface area contributed by atoms with Gasteiger partial charge in [0, 0.05) is 17.9 Å². The summed E-state index contributed by atoms with van der Waals surface area (Å²) in [6.45, 7) is 2.29. The molecule has 0 spiro atoms. The molecular weight excluding hydrogens is 296 g/mol. The van der Waals surface area contributed by atoms with Gasteiger partial charge in [-0.1, -0.05) is 15.9 Å². The van der Waals surface area contributed by atoms with Gasteiger partial charge in [-0.25, -0.2) is 0 Å². The normalized spacial score (nSPS) is 21.9. The fourth-order valence-corrected chi connectivity index (χ4v) is 3.20. The predicted octanol–water partition coefficient (Wildman–Crippen LogP) is 2.38. The molecule has 3 rings (SSSR count). The Kier molecular flexibility index (Phi) is 2.66. The average Bonchev–Trinajstić information content (AvgIpc) is 2.79. The fourth-order valence-electron chi connectivity index (χ4n) is 2.84. The molecule has 0 radical (unpaired) electrons. The first kappa shape index (κ1) is 11.7. The third kappa shape index (κ3) is 1.57. The number of benzene rings is 1. The zero-order valence-electron chi connectivity index (χ0n) is 10.0. The van der Waals surface area contributed by atoms with E-state index in [1.165, 1.54) is 0 Å². The SMILES string of the molecule is CC(=O)N1c2ccc(Br)cc2C(=O)N2CCCC21. The molecule has 4 nitrogen and oxygen atoms in total. The van der Waals surface area contributed by atoms with Crippen molar-refractivity contribution < 1.29 is 9.59 Å². The van der Waals surface area contributed by atoms with Crippen molar-refractivity contribution in [2.24, 2.45) is 0 Å². The van der Waals surface area contributed by atoms with E-state index in [0.29, 0.717) is 5.56 Å². The van der Waals surface area contributed by atoms with Crippen LogP contribution in [0.4, 0.5) is 5.69 Å². The lowest BCUT2D eigenvalue weighted by atomic mass is 10.1. The van der Waals surface area contributed by atoms with Gasteiger partial charge in [0.05, 0.1) is 11.3 Å². The zero-order chi connectivity index (χ0) is 12.9. The first-order valence-corrected chi connectivity index (χ1v) is 6.79. The highest BCUT2D eigenvalue weighted by Crippen LogP contribution is 2.37. The Morgan fingerprint density at radius 3 is 2.94 bits per heavy atom. The van der Waals surface area contributed by atoms with Gasteiger partial charge in [0.15, 0.2) is 0 Å². The molecule has 94 valence electrons. The molecule has 2 aliphatic heterocycles. The summed E-state index contributed by atoms with van der Waals surface area (Å²) in [7, 11) is 0. The molecule has 1 fully saturated rings. The maximum atomic E-state index is 12.4. The summed E-state index contributed by atoms with van der Waals surface area (Å²) >= 11 is 3.37. The van der Waals surface area contributed by atoms with Crippen LogP contribution in [0.25, 0.3) is 0 Å². The quantitative estimate of drug-likeness (QED) is 0.738. The van der Waals surface area contributed by atoms with Crippen LogP contribution in [0.5, 0.6) is 0 Å². The zero-order valence-corrected chi connectivity index (χ0v) is 11.6. The van der Waals surface area contributed by atoms with Crippen LogP contribution < -0.4 is 4.90 Å². The van der Waals surface area contributed by atoms with Crippen molar-refractivity contribution in [3.63, 3.8) is 0 Å². The molecule has 1 unspecified atom stereocenters. The Morgan fingerprint density at radius 2 is 2.22 bits per heavy atom. The lowest BCUT2D eigenvalue weighted by Gasteiger charge is -2.40. The monoisotopic (exact) mass is 308 g/mol. The van der Waals surface area contributed by atoms with Gasteiger partial charge in [0.1, 0.15) is 6.17 Å². The Balaban J connectivity index is 2.19.